The van der Waals surface area contributed by atoms with Gasteiger partial charge in [0.05, 0.1) is 18.8 Å². The van der Waals surface area contributed by atoms with E-state index in [0.717, 1.165) is 0 Å². The topological polar surface area (TPSA) is 67.9 Å². The van der Waals surface area contributed by atoms with Crippen molar-refractivity contribution in [2.75, 3.05) is 18.5 Å². The predicted molar refractivity (Wildman–Crippen MR) is 113 cm³/mol. The standard InChI is InChI=1S/C23H25FN2O4/c1-5-29-18-12-11-17(13-19(18)30-6-2)25-21-20(15-7-9-16(24)10-8-15)22(27)26(14(3)4)23(21)28/h7-14,25H,5-6H2,1-4H3. The summed E-state index contributed by atoms with van der Waals surface area (Å²) in [6, 6.07) is 10.4. The quantitative estimate of drug-likeness (QED) is 0.658. The molecule has 3 rings (SSSR count). The Morgan fingerprint density at radius 3 is 2.17 bits per heavy atom. The van der Waals surface area contributed by atoms with Gasteiger partial charge in [-0.15, -0.1) is 0 Å². The van der Waals surface area contributed by atoms with Crippen LogP contribution in [0.25, 0.3) is 5.57 Å². The summed E-state index contributed by atoms with van der Waals surface area (Å²) in [6.45, 7) is 8.22. The lowest BCUT2D eigenvalue weighted by Gasteiger charge is -2.19. The van der Waals surface area contributed by atoms with E-state index in [4.69, 9.17) is 9.47 Å². The van der Waals surface area contributed by atoms with Crippen molar-refractivity contribution in [3.63, 3.8) is 0 Å². The number of rotatable bonds is 8. The van der Waals surface area contributed by atoms with Crippen molar-refractivity contribution in [2.45, 2.75) is 33.7 Å². The highest BCUT2D eigenvalue weighted by atomic mass is 19.1. The van der Waals surface area contributed by atoms with Crippen LogP contribution in [0.15, 0.2) is 48.2 Å². The van der Waals surface area contributed by atoms with E-state index >= 15 is 0 Å². The Hall–Kier alpha value is -3.35. The maximum Gasteiger partial charge on any atom is 0.278 e. The molecule has 1 N–H and O–H groups in total. The third kappa shape index (κ3) is 4.15. The van der Waals surface area contributed by atoms with Crippen LogP contribution < -0.4 is 14.8 Å². The first-order valence-corrected chi connectivity index (χ1v) is 9.92. The molecule has 2 amide bonds. The fourth-order valence-electron chi connectivity index (χ4n) is 3.29. The van der Waals surface area contributed by atoms with Gasteiger partial charge in [-0.05, 0) is 57.5 Å². The van der Waals surface area contributed by atoms with Gasteiger partial charge in [-0.2, -0.15) is 0 Å². The molecule has 0 bridgehead atoms. The van der Waals surface area contributed by atoms with Crippen molar-refractivity contribution in [1.29, 1.82) is 0 Å². The highest BCUT2D eigenvalue weighted by molar-refractivity contribution is 6.36. The molecule has 1 aliphatic heterocycles. The first-order chi connectivity index (χ1) is 14.4. The van der Waals surface area contributed by atoms with Crippen LogP contribution in [0, 0.1) is 5.82 Å². The summed E-state index contributed by atoms with van der Waals surface area (Å²) >= 11 is 0. The number of imide groups is 1. The SMILES string of the molecule is CCOc1ccc(NC2=C(c3ccc(F)cc3)C(=O)N(C(C)C)C2=O)cc1OCC. The molecule has 0 fully saturated rings. The molecule has 0 spiro atoms. The van der Waals surface area contributed by atoms with Crippen molar-refractivity contribution in [2.24, 2.45) is 0 Å². The van der Waals surface area contributed by atoms with Crippen molar-refractivity contribution in [3.05, 3.63) is 59.5 Å². The van der Waals surface area contributed by atoms with E-state index < -0.39 is 17.6 Å². The lowest BCUT2D eigenvalue weighted by atomic mass is 10.0. The molecule has 6 nitrogen and oxygen atoms in total. The van der Waals surface area contributed by atoms with Crippen molar-refractivity contribution < 1.29 is 23.5 Å². The molecule has 0 saturated heterocycles. The number of nitrogens with one attached hydrogen (secondary N) is 1. The third-order valence-corrected chi connectivity index (χ3v) is 4.58. The number of carbonyl (C=O) groups is 2. The van der Waals surface area contributed by atoms with E-state index in [9.17, 15) is 14.0 Å². The number of nitrogens with zero attached hydrogens (tertiary/aromatic N) is 1. The molecule has 2 aromatic rings. The number of ether oxygens (including phenoxy) is 2. The van der Waals surface area contributed by atoms with Crippen LogP contribution in [-0.2, 0) is 9.59 Å². The average molecular weight is 412 g/mol. The van der Waals surface area contributed by atoms with Crippen molar-refractivity contribution >= 4 is 23.1 Å². The van der Waals surface area contributed by atoms with E-state index in [0.29, 0.717) is 36.0 Å². The van der Waals surface area contributed by atoms with Crippen LogP contribution >= 0.6 is 0 Å². The summed E-state index contributed by atoms with van der Waals surface area (Å²) < 4.78 is 24.6. The molecular formula is C23H25FN2O4. The minimum absolute atomic E-state index is 0.145. The fraction of sp³-hybridized carbons (Fsp3) is 0.304. The average Bonchev–Trinajstić information content (AvgIpc) is 2.95. The Bertz CT molecular complexity index is 983. The summed E-state index contributed by atoms with van der Waals surface area (Å²) in [4.78, 5) is 27.3. The number of carbonyl (C=O) groups excluding carboxylic acids is 2. The lowest BCUT2D eigenvalue weighted by Crippen LogP contribution is -2.38. The maximum atomic E-state index is 13.4. The third-order valence-electron chi connectivity index (χ3n) is 4.58. The molecule has 30 heavy (non-hydrogen) atoms. The second-order valence-corrected chi connectivity index (χ2v) is 6.98. The monoisotopic (exact) mass is 412 g/mol. The lowest BCUT2D eigenvalue weighted by molar-refractivity contribution is -0.138. The molecule has 158 valence electrons. The molecule has 0 unspecified atom stereocenters. The van der Waals surface area contributed by atoms with Gasteiger partial charge in [0.2, 0.25) is 0 Å². The van der Waals surface area contributed by atoms with Crippen LogP contribution in [0.4, 0.5) is 10.1 Å². The normalized spacial score (nSPS) is 14.0. The smallest absolute Gasteiger partial charge is 0.278 e. The number of hydrogen-bond donors (Lipinski definition) is 1. The fourth-order valence-corrected chi connectivity index (χ4v) is 3.29. The molecule has 1 heterocycles. The van der Waals surface area contributed by atoms with E-state index in [1.165, 1.54) is 29.2 Å². The van der Waals surface area contributed by atoms with Gasteiger partial charge >= 0.3 is 0 Å². The van der Waals surface area contributed by atoms with Gasteiger partial charge in [0.25, 0.3) is 11.8 Å². The molecule has 1 aliphatic rings. The first-order valence-electron chi connectivity index (χ1n) is 9.92. The van der Waals surface area contributed by atoms with E-state index in [1.54, 1.807) is 32.0 Å². The summed E-state index contributed by atoms with van der Waals surface area (Å²) in [5.41, 5.74) is 1.40. The largest absolute Gasteiger partial charge is 0.490 e. The highest BCUT2D eigenvalue weighted by Gasteiger charge is 2.40. The summed E-state index contributed by atoms with van der Waals surface area (Å²) in [5.74, 6) is -0.137. The molecular weight excluding hydrogens is 387 g/mol. The zero-order chi connectivity index (χ0) is 21.8. The van der Waals surface area contributed by atoms with Crippen LogP contribution in [0.2, 0.25) is 0 Å². The molecule has 0 saturated carbocycles. The zero-order valence-electron chi connectivity index (χ0n) is 17.5. The van der Waals surface area contributed by atoms with Gasteiger partial charge in [-0.25, -0.2) is 4.39 Å². The van der Waals surface area contributed by atoms with Crippen LogP contribution in [0.1, 0.15) is 33.3 Å². The van der Waals surface area contributed by atoms with Gasteiger partial charge in [0, 0.05) is 17.8 Å². The second-order valence-electron chi connectivity index (χ2n) is 6.98. The summed E-state index contributed by atoms with van der Waals surface area (Å²) in [5, 5.41) is 3.08. The van der Waals surface area contributed by atoms with Gasteiger partial charge < -0.3 is 14.8 Å². The molecule has 0 atom stereocenters. The molecule has 7 heteroatoms. The Labute approximate surface area is 175 Å². The van der Waals surface area contributed by atoms with E-state index in [1.807, 2.05) is 13.8 Å². The number of halogens is 1. The van der Waals surface area contributed by atoms with Gasteiger partial charge in [-0.1, -0.05) is 12.1 Å². The van der Waals surface area contributed by atoms with Crippen molar-refractivity contribution in [3.8, 4) is 11.5 Å². The predicted octanol–water partition coefficient (Wildman–Crippen LogP) is 4.22. The van der Waals surface area contributed by atoms with Crippen molar-refractivity contribution in [1.82, 2.24) is 4.90 Å². The minimum Gasteiger partial charge on any atom is -0.490 e. The molecule has 0 aromatic heterocycles. The molecule has 0 radical (unpaired) electrons. The summed E-state index contributed by atoms with van der Waals surface area (Å²) in [6.07, 6.45) is 0. The number of benzene rings is 2. The zero-order valence-corrected chi connectivity index (χ0v) is 17.5. The molecule has 2 aromatic carbocycles. The van der Waals surface area contributed by atoms with Crippen LogP contribution in [0.5, 0.6) is 11.5 Å². The first kappa shape index (κ1) is 21.4. The second kappa shape index (κ2) is 8.98. The van der Waals surface area contributed by atoms with Gasteiger partial charge in [0.1, 0.15) is 11.5 Å². The van der Waals surface area contributed by atoms with E-state index in [-0.39, 0.29) is 17.3 Å². The van der Waals surface area contributed by atoms with Crippen LogP contribution in [-0.4, -0.2) is 36.0 Å². The Balaban J connectivity index is 2.05. The maximum absolute atomic E-state index is 13.4. The Morgan fingerprint density at radius 1 is 0.933 bits per heavy atom. The Morgan fingerprint density at radius 2 is 1.57 bits per heavy atom. The number of amides is 2. The van der Waals surface area contributed by atoms with Crippen LogP contribution in [0.3, 0.4) is 0 Å². The Kier molecular flexibility index (Phi) is 6.40. The highest BCUT2D eigenvalue weighted by Crippen LogP contribution is 2.35. The minimum atomic E-state index is -0.429. The van der Waals surface area contributed by atoms with E-state index in [2.05, 4.69) is 5.32 Å². The summed E-state index contributed by atoms with van der Waals surface area (Å²) in [7, 11) is 0. The molecule has 0 aliphatic carbocycles. The number of anilines is 1. The van der Waals surface area contributed by atoms with Gasteiger partial charge in [0.15, 0.2) is 11.5 Å². The van der Waals surface area contributed by atoms with Gasteiger partial charge in [-0.3, -0.25) is 14.5 Å². The number of hydrogen-bond acceptors (Lipinski definition) is 5.